The standard InChI is InChI=1S/C9H5Cl2NOS/c10-7(11)4-2-1-3-5-6(4)8(13)12-9(5)14/h1-3,7H,(H,12,13,14). The molecule has 72 valence electrons. The number of fused-ring (bicyclic) bond motifs is 1. The Morgan fingerprint density at radius 2 is 2.07 bits per heavy atom. The molecular formula is C9H5Cl2NOS. The number of amides is 1. The minimum atomic E-state index is -0.711. The van der Waals surface area contributed by atoms with Crippen LogP contribution in [0.3, 0.4) is 0 Å². The molecule has 0 spiro atoms. The predicted octanol–water partition coefficient (Wildman–Crippen LogP) is 2.58. The first-order valence-corrected chi connectivity index (χ1v) is 5.16. The van der Waals surface area contributed by atoms with Gasteiger partial charge in [-0.3, -0.25) is 4.79 Å². The van der Waals surface area contributed by atoms with Gasteiger partial charge in [-0.2, -0.15) is 0 Å². The van der Waals surface area contributed by atoms with Gasteiger partial charge >= 0.3 is 0 Å². The number of thiocarbonyl (C=S) groups is 1. The van der Waals surface area contributed by atoms with Gasteiger partial charge in [0, 0.05) is 5.56 Å². The van der Waals surface area contributed by atoms with Crippen molar-refractivity contribution in [3.8, 4) is 0 Å². The second-order valence-corrected chi connectivity index (χ2v) is 4.36. The number of hydrogen-bond donors (Lipinski definition) is 1. The maximum atomic E-state index is 11.5. The van der Waals surface area contributed by atoms with E-state index >= 15 is 0 Å². The third kappa shape index (κ3) is 1.41. The third-order valence-electron chi connectivity index (χ3n) is 2.03. The zero-order chi connectivity index (χ0) is 10.3. The van der Waals surface area contributed by atoms with Crippen LogP contribution in [0, 0.1) is 0 Å². The Hall–Kier alpha value is -0.640. The zero-order valence-electron chi connectivity index (χ0n) is 6.88. The molecule has 0 saturated heterocycles. The maximum Gasteiger partial charge on any atom is 0.257 e. The summed E-state index contributed by atoms with van der Waals surface area (Å²) in [6.45, 7) is 0. The van der Waals surface area contributed by atoms with E-state index in [1.165, 1.54) is 0 Å². The molecule has 1 heterocycles. The fourth-order valence-corrected chi connectivity index (χ4v) is 2.05. The lowest BCUT2D eigenvalue weighted by Crippen LogP contribution is -2.19. The highest BCUT2D eigenvalue weighted by Crippen LogP contribution is 2.31. The Kier molecular flexibility index (Phi) is 2.47. The van der Waals surface area contributed by atoms with Crippen LogP contribution in [0.15, 0.2) is 18.2 Å². The summed E-state index contributed by atoms with van der Waals surface area (Å²) >= 11 is 16.5. The van der Waals surface area contributed by atoms with Crippen molar-refractivity contribution in [3.05, 3.63) is 34.9 Å². The van der Waals surface area contributed by atoms with E-state index in [-0.39, 0.29) is 5.91 Å². The zero-order valence-corrected chi connectivity index (χ0v) is 9.21. The van der Waals surface area contributed by atoms with Gasteiger partial charge in [0.05, 0.1) is 5.56 Å². The van der Waals surface area contributed by atoms with Crippen LogP contribution in [0.25, 0.3) is 0 Å². The molecule has 2 nitrogen and oxygen atoms in total. The molecule has 0 saturated carbocycles. The molecule has 0 radical (unpaired) electrons. The average molecular weight is 246 g/mol. The van der Waals surface area contributed by atoms with Crippen molar-refractivity contribution in [1.82, 2.24) is 5.32 Å². The number of benzene rings is 1. The molecule has 1 N–H and O–H groups in total. The number of rotatable bonds is 1. The van der Waals surface area contributed by atoms with Crippen molar-refractivity contribution in [2.45, 2.75) is 4.84 Å². The fraction of sp³-hybridized carbons (Fsp3) is 0.111. The number of alkyl halides is 2. The summed E-state index contributed by atoms with van der Waals surface area (Å²) < 4.78 is 0. The van der Waals surface area contributed by atoms with Crippen LogP contribution < -0.4 is 5.32 Å². The Balaban J connectivity index is 2.68. The Morgan fingerprint density at radius 3 is 2.71 bits per heavy atom. The van der Waals surface area contributed by atoms with Crippen LogP contribution in [-0.4, -0.2) is 10.9 Å². The van der Waals surface area contributed by atoms with E-state index in [4.69, 9.17) is 35.4 Å². The van der Waals surface area contributed by atoms with Gasteiger partial charge in [0.15, 0.2) is 0 Å². The highest BCUT2D eigenvalue weighted by molar-refractivity contribution is 7.80. The Bertz CT molecular complexity index is 431. The molecule has 0 unspecified atom stereocenters. The first-order valence-electron chi connectivity index (χ1n) is 3.88. The van der Waals surface area contributed by atoms with Crippen LogP contribution in [0.2, 0.25) is 0 Å². The van der Waals surface area contributed by atoms with Gasteiger partial charge in [-0.05, 0) is 5.56 Å². The summed E-state index contributed by atoms with van der Waals surface area (Å²) in [4.78, 5) is 11.2. The topological polar surface area (TPSA) is 29.1 Å². The molecule has 0 atom stereocenters. The van der Waals surface area contributed by atoms with Crippen LogP contribution >= 0.6 is 35.4 Å². The van der Waals surface area contributed by atoms with E-state index in [1.807, 2.05) is 0 Å². The SMILES string of the molecule is O=C1NC(=S)c2cccc(C(Cl)Cl)c21. The van der Waals surface area contributed by atoms with Crippen molar-refractivity contribution < 1.29 is 4.79 Å². The minimum Gasteiger partial charge on any atom is -0.312 e. The molecule has 1 aromatic carbocycles. The summed E-state index contributed by atoms with van der Waals surface area (Å²) in [5.41, 5.74) is 1.80. The first-order chi connectivity index (χ1) is 6.61. The smallest absolute Gasteiger partial charge is 0.257 e. The van der Waals surface area contributed by atoms with Crippen molar-refractivity contribution in [2.24, 2.45) is 0 Å². The fourth-order valence-electron chi connectivity index (χ4n) is 1.43. The lowest BCUT2D eigenvalue weighted by molar-refractivity contribution is 0.0983. The van der Waals surface area contributed by atoms with Crippen LogP contribution in [0.5, 0.6) is 0 Å². The van der Waals surface area contributed by atoms with Crippen molar-refractivity contribution in [2.75, 3.05) is 0 Å². The average Bonchev–Trinajstić information content (AvgIpc) is 2.43. The number of halogens is 2. The van der Waals surface area contributed by atoms with Gasteiger partial charge in [-0.25, -0.2) is 0 Å². The molecule has 1 aromatic rings. The minimum absolute atomic E-state index is 0.230. The van der Waals surface area contributed by atoms with Crippen LogP contribution in [-0.2, 0) is 0 Å². The quantitative estimate of drug-likeness (QED) is 0.609. The second-order valence-electron chi connectivity index (χ2n) is 2.85. The van der Waals surface area contributed by atoms with Gasteiger partial charge in [-0.15, -0.1) is 23.2 Å². The monoisotopic (exact) mass is 245 g/mol. The molecule has 0 aromatic heterocycles. The Morgan fingerprint density at radius 1 is 1.36 bits per heavy atom. The third-order valence-corrected chi connectivity index (χ3v) is 2.82. The first kappa shape index (κ1) is 9.90. The lowest BCUT2D eigenvalue weighted by Gasteiger charge is -2.05. The molecule has 0 bridgehead atoms. The van der Waals surface area contributed by atoms with Crippen LogP contribution in [0.4, 0.5) is 0 Å². The van der Waals surface area contributed by atoms with Gasteiger partial charge in [-0.1, -0.05) is 30.4 Å². The number of hydrogen-bond acceptors (Lipinski definition) is 2. The van der Waals surface area contributed by atoms with Gasteiger partial charge in [0.1, 0.15) is 9.82 Å². The highest BCUT2D eigenvalue weighted by Gasteiger charge is 2.28. The van der Waals surface area contributed by atoms with E-state index in [9.17, 15) is 4.79 Å². The van der Waals surface area contributed by atoms with Gasteiger partial charge < -0.3 is 5.32 Å². The van der Waals surface area contributed by atoms with E-state index in [1.54, 1.807) is 18.2 Å². The summed E-state index contributed by atoms with van der Waals surface area (Å²) in [6.07, 6.45) is 0. The maximum absolute atomic E-state index is 11.5. The van der Waals surface area contributed by atoms with Gasteiger partial charge in [0.25, 0.3) is 5.91 Å². The van der Waals surface area contributed by atoms with Gasteiger partial charge in [0.2, 0.25) is 0 Å². The van der Waals surface area contributed by atoms with Crippen molar-refractivity contribution >= 4 is 46.3 Å². The molecule has 2 rings (SSSR count). The van der Waals surface area contributed by atoms with E-state index in [0.717, 1.165) is 0 Å². The van der Waals surface area contributed by atoms with Crippen molar-refractivity contribution in [3.63, 3.8) is 0 Å². The molecule has 1 amide bonds. The normalized spacial score (nSPS) is 14.5. The summed E-state index contributed by atoms with van der Waals surface area (Å²) in [6, 6.07) is 5.27. The molecular weight excluding hydrogens is 241 g/mol. The molecule has 0 fully saturated rings. The number of carbonyl (C=O) groups excluding carboxylic acids is 1. The predicted molar refractivity (Wildman–Crippen MR) is 60.1 cm³/mol. The number of nitrogens with one attached hydrogen (secondary N) is 1. The summed E-state index contributed by atoms with van der Waals surface area (Å²) in [5.74, 6) is -0.230. The molecule has 1 aliphatic rings. The summed E-state index contributed by atoms with van der Waals surface area (Å²) in [5, 5.41) is 2.55. The Labute approximate surface area is 96.2 Å². The van der Waals surface area contributed by atoms with E-state index in [0.29, 0.717) is 21.7 Å². The highest BCUT2D eigenvalue weighted by atomic mass is 35.5. The van der Waals surface area contributed by atoms with Crippen LogP contribution in [0.1, 0.15) is 26.3 Å². The molecule has 14 heavy (non-hydrogen) atoms. The lowest BCUT2D eigenvalue weighted by atomic mass is 10.0. The largest absolute Gasteiger partial charge is 0.312 e. The van der Waals surface area contributed by atoms with E-state index in [2.05, 4.69) is 5.32 Å². The summed E-state index contributed by atoms with van der Waals surface area (Å²) in [7, 11) is 0. The van der Waals surface area contributed by atoms with E-state index < -0.39 is 4.84 Å². The van der Waals surface area contributed by atoms with Crippen molar-refractivity contribution in [1.29, 1.82) is 0 Å². The second kappa shape index (κ2) is 3.50. The number of carbonyl (C=O) groups is 1. The molecule has 1 aliphatic heterocycles. The molecule has 0 aliphatic carbocycles. The molecule has 5 heteroatoms.